The maximum absolute atomic E-state index is 14.1. The highest BCUT2D eigenvalue weighted by molar-refractivity contribution is 7.47. The Morgan fingerprint density at radius 1 is 0.700 bits per heavy atom. The topological polar surface area (TPSA) is 184 Å². The number of halogens is 1. The van der Waals surface area contributed by atoms with Gasteiger partial charge in [-0.3, -0.25) is 19.0 Å². The van der Waals surface area contributed by atoms with Gasteiger partial charge in [-0.25, -0.2) is 9.36 Å². The van der Waals surface area contributed by atoms with E-state index in [1.807, 2.05) is 60.9 Å². The third-order valence-corrected chi connectivity index (χ3v) is 11.3. The van der Waals surface area contributed by atoms with Crippen LogP contribution in [0, 0.1) is 0 Å². The van der Waals surface area contributed by atoms with E-state index >= 15 is 0 Å². The molecular formula is C45H59ClN5O8P. The van der Waals surface area contributed by atoms with Gasteiger partial charge in [0.2, 0.25) is 11.8 Å². The molecule has 0 aliphatic rings. The number of hydrogen-bond acceptors (Lipinski definition) is 7. The third kappa shape index (κ3) is 15.0. The number of ether oxygens (including phenoxy) is 1. The van der Waals surface area contributed by atoms with Crippen molar-refractivity contribution in [3.8, 4) is 5.75 Å². The fourth-order valence-corrected chi connectivity index (χ4v) is 8.06. The quantitative estimate of drug-likeness (QED) is 0.0262. The Balaban J connectivity index is 1.06. The number of aromatic amines is 2. The van der Waals surface area contributed by atoms with Gasteiger partial charge in [0.1, 0.15) is 23.4 Å². The van der Waals surface area contributed by atoms with Crippen molar-refractivity contribution in [3.63, 3.8) is 0 Å². The van der Waals surface area contributed by atoms with E-state index in [4.69, 9.17) is 25.4 Å². The number of nitrogens with one attached hydrogen (secondary N) is 5. The maximum Gasteiger partial charge on any atom is 0.527 e. The molecule has 6 N–H and O–H groups in total. The van der Waals surface area contributed by atoms with Crippen molar-refractivity contribution >= 4 is 59.1 Å². The lowest BCUT2D eigenvalue weighted by molar-refractivity contribution is -0.130. The molecule has 0 radical (unpaired) electrons. The largest absolute Gasteiger partial charge is 0.527 e. The Morgan fingerprint density at radius 2 is 1.20 bits per heavy atom. The SMILES string of the molecule is CC(C)(C)OC(=O)NC(Cc1c[nH]c2ccccc12)C(=O)NC(Cc1c[nH]c2ccccc12)C(=O)NCCCCCCCCCCCCOP(=O)(O)Oc1ccccc1Cl. The fourth-order valence-electron chi connectivity index (χ4n) is 7.01. The van der Waals surface area contributed by atoms with Crippen LogP contribution in [0.1, 0.15) is 96.1 Å². The molecule has 0 saturated carbocycles. The molecule has 13 nitrogen and oxygen atoms in total. The van der Waals surface area contributed by atoms with Crippen LogP contribution < -0.4 is 20.5 Å². The molecule has 3 atom stereocenters. The molecule has 3 amide bonds. The number of unbranched alkanes of at least 4 members (excludes halogenated alkanes) is 9. The summed E-state index contributed by atoms with van der Waals surface area (Å²) >= 11 is 5.99. The van der Waals surface area contributed by atoms with Crippen LogP contribution in [-0.2, 0) is 36.3 Å². The van der Waals surface area contributed by atoms with Gasteiger partial charge in [-0.05, 0) is 69.0 Å². The van der Waals surface area contributed by atoms with Crippen LogP contribution in [0.5, 0.6) is 5.75 Å². The lowest BCUT2D eigenvalue weighted by Crippen LogP contribution is -2.55. The number of H-pyrrole nitrogens is 2. The Labute approximate surface area is 357 Å². The molecule has 3 unspecified atom stereocenters. The van der Waals surface area contributed by atoms with Crippen LogP contribution in [0.15, 0.2) is 85.2 Å². The van der Waals surface area contributed by atoms with E-state index in [1.54, 1.807) is 39.0 Å². The predicted octanol–water partition coefficient (Wildman–Crippen LogP) is 9.68. The van der Waals surface area contributed by atoms with E-state index in [0.29, 0.717) is 13.0 Å². The third-order valence-electron chi connectivity index (χ3n) is 10.0. The van der Waals surface area contributed by atoms with Crippen molar-refractivity contribution in [2.24, 2.45) is 0 Å². The first-order valence-corrected chi connectivity index (χ1v) is 22.7. The molecule has 0 aliphatic carbocycles. The minimum Gasteiger partial charge on any atom is -0.444 e. The van der Waals surface area contributed by atoms with Crippen LogP contribution >= 0.6 is 19.4 Å². The van der Waals surface area contributed by atoms with E-state index in [9.17, 15) is 23.8 Å². The number of benzene rings is 3. The molecule has 0 spiro atoms. The van der Waals surface area contributed by atoms with Crippen molar-refractivity contribution in [2.75, 3.05) is 13.2 Å². The zero-order valence-electron chi connectivity index (χ0n) is 34.8. The minimum atomic E-state index is -4.23. The summed E-state index contributed by atoms with van der Waals surface area (Å²) in [6.45, 7) is 5.88. The average Bonchev–Trinajstić information content (AvgIpc) is 3.81. The highest BCUT2D eigenvalue weighted by atomic mass is 35.5. The Hall–Kier alpha value is -4.81. The zero-order valence-corrected chi connectivity index (χ0v) is 36.4. The van der Waals surface area contributed by atoms with Crippen molar-refractivity contribution in [3.05, 3.63) is 101 Å². The van der Waals surface area contributed by atoms with Gasteiger partial charge in [-0.1, -0.05) is 111 Å². The fraction of sp³-hybridized carbons (Fsp3) is 0.444. The lowest BCUT2D eigenvalue weighted by atomic mass is 10.0. The van der Waals surface area contributed by atoms with Gasteiger partial charge >= 0.3 is 13.9 Å². The first-order valence-electron chi connectivity index (χ1n) is 20.9. The van der Waals surface area contributed by atoms with Crippen LogP contribution in [0.3, 0.4) is 0 Å². The maximum atomic E-state index is 14.1. The highest BCUT2D eigenvalue weighted by Gasteiger charge is 2.30. The summed E-state index contributed by atoms with van der Waals surface area (Å²) in [7, 11) is -4.23. The Bertz CT molecular complexity index is 2200. The number of aromatic nitrogens is 2. The van der Waals surface area contributed by atoms with Crippen LogP contribution in [0.25, 0.3) is 21.8 Å². The first-order chi connectivity index (χ1) is 28.8. The van der Waals surface area contributed by atoms with Gasteiger partial charge < -0.3 is 35.2 Å². The van der Waals surface area contributed by atoms with Gasteiger partial charge in [0.25, 0.3) is 0 Å². The van der Waals surface area contributed by atoms with Gasteiger partial charge in [-0.2, -0.15) is 0 Å². The smallest absolute Gasteiger partial charge is 0.444 e. The summed E-state index contributed by atoms with van der Waals surface area (Å²) in [6.07, 6.45) is 13.1. The summed E-state index contributed by atoms with van der Waals surface area (Å²) in [4.78, 5) is 57.3. The second-order valence-corrected chi connectivity index (χ2v) is 17.8. The number of hydrogen-bond donors (Lipinski definition) is 6. The number of para-hydroxylation sites is 3. The number of fused-ring (bicyclic) bond motifs is 2. The molecule has 0 fully saturated rings. The Morgan fingerprint density at radius 3 is 1.77 bits per heavy atom. The average molecular weight is 864 g/mol. The number of rotatable bonds is 24. The number of phosphoric ester groups is 1. The minimum absolute atomic E-state index is 0.112. The van der Waals surface area contributed by atoms with Crippen LogP contribution in [-0.4, -0.2) is 63.6 Å². The summed E-state index contributed by atoms with van der Waals surface area (Å²) in [5.74, 6) is -0.674. The van der Waals surface area contributed by atoms with Crippen molar-refractivity contribution in [2.45, 2.75) is 116 Å². The van der Waals surface area contributed by atoms with Gasteiger partial charge in [0.05, 0.1) is 11.6 Å². The number of carbonyl (C=O) groups excluding carboxylic acids is 3. The molecule has 3 aromatic carbocycles. The van der Waals surface area contributed by atoms with Gasteiger partial charge in [0, 0.05) is 53.6 Å². The molecule has 2 heterocycles. The summed E-state index contributed by atoms with van der Waals surface area (Å²) in [6, 6.07) is 20.1. The van der Waals surface area contributed by atoms with Crippen LogP contribution in [0.4, 0.5) is 4.79 Å². The molecular weight excluding hydrogens is 805 g/mol. The summed E-state index contributed by atoms with van der Waals surface area (Å²) in [5.41, 5.74) is 2.82. The van der Waals surface area contributed by atoms with Gasteiger partial charge in [0.15, 0.2) is 0 Å². The van der Waals surface area contributed by atoms with E-state index < -0.39 is 37.5 Å². The van der Waals surface area contributed by atoms with Crippen molar-refractivity contribution in [1.29, 1.82) is 0 Å². The normalized spacial score (nSPS) is 13.7. The van der Waals surface area contributed by atoms with Crippen molar-refractivity contribution < 1.29 is 37.6 Å². The number of phosphoric acid groups is 1. The second kappa shape index (κ2) is 22.7. The highest BCUT2D eigenvalue weighted by Crippen LogP contribution is 2.45. The number of alkyl carbamates (subject to hydrolysis) is 1. The number of amides is 3. The molecule has 0 saturated heterocycles. The lowest BCUT2D eigenvalue weighted by Gasteiger charge is -2.25. The molecule has 324 valence electrons. The molecule has 60 heavy (non-hydrogen) atoms. The van der Waals surface area contributed by atoms with Crippen LogP contribution in [0.2, 0.25) is 5.02 Å². The standard InChI is InChI=1S/C45H59ClN5O8P/c1-45(2,3)58-44(54)51-40(29-33-31-49-38-24-16-13-21-35(33)38)43(53)50-39(28-32-30-48-37-23-15-12-20-34(32)37)42(52)47-26-18-10-8-6-4-5-7-9-11-19-27-57-60(55,56)59-41-25-17-14-22-36(41)46/h12-17,20-25,30-31,39-40,48-49H,4-11,18-19,26-29H2,1-3H3,(H,47,52)(H,50,53)(H,51,54)(H,55,56). The van der Waals surface area contributed by atoms with E-state index in [-0.39, 0.29) is 36.1 Å². The van der Waals surface area contributed by atoms with Crippen molar-refractivity contribution in [1.82, 2.24) is 25.9 Å². The predicted molar refractivity (Wildman–Crippen MR) is 236 cm³/mol. The van der Waals surface area contributed by atoms with E-state index in [1.165, 1.54) is 6.07 Å². The molecule has 5 aromatic rings. The molecule has 0 aliphatic heterocycles. The molecule has 5 rings (SSSR count). The molecule has 15 heteroatoms. The first kappa shape index (κ1) is 46.3. The monoisotopic (exact) mass is 863 g/mol. The summed E-state index contributed by atoms with van der Waals surface area (Å²) < 4.78 is 27.9. The van der Waals surface area contributed by atoms with E-state index in [0.717, 1.165) is 90.7 Å². The zero-order chi connectivity index (χ0) is 43.0. The molecule has 0 bridgehead atoms. The number of carbonyl (C=O) groups is 3. The summed E-state index contributed by atoms with van der Waals surface area (Å²) in [5, 5.41) is 10.9. The second-order valence-electron chi connectivity index (χ2n) is 16.0. The van der Waals surface area contributed by atoms with E-state index in [2.05, 4.69) is 25.9 Å². The Kier molecular flexibility index (Phi) is 17.5. The van der Waals surface area contributed by atoms with Gasteiger partial charge in [-0.15, -0.1) is 0 Å². The molecule has 2 aromatic heterocycles.